The molecule has 5 heteroatoms. The van der Waals surface area contributed by atoms with Crippen molar-refractivity contribution in [2.24, 2.45) is 11.7 Å². The van der Waals surface area contributed by atoms with Crippen LogP contribution in [0.3, 0.4) is 0 Å². The number of amides is 1. The van der Waals surface area contributed by atoms with E-state index in [0.29, 0.717) is 12.3 Å². The number of nitrogens with zero attached hydrogens (tertiary/aromatic N) is 1. The van der Waals surface area contributed by atoms with Crippen molar-refractivity contribution in [1.82, 2.24) is 4.90 Å². The molecular weight excluding hydrogens is 256 g/mol. The van der Waals surface area contributed by atoms with Crippen LogP contribution in [0, 0.1) is 5.92 Å². The van der Waals surface area contributed by atoms with Crippen LogP contribution in [0.1, 0.15) is 18.4 Å². The van der Waals surface area contributed by atoms with Gasteiger partial charge in [-0.05, 0) is 47.7 Å². The second-order valence-electron chi connectivity index (χ2n) is 4.37. The van der Waals surface area contributed by atoms with Gasteiger partial charge in [-0.15, -0.1) is 12.4 Å². The number of likely N-dealkylation sites (tertiary alicyclic amines) is 1. The van der Waals surface area contributed by atoms with Gasteiger partial charge < -0.3 is 10.6 Å². The number of piperidine rings is 1. The monoisotopic (exact) mass is 274 g/mol. The van der Waals surface area contributed by atoms with Crippen LogP contribution in [0.5, 0.6) is 0 Å². The van der Waals surface area contributed by atoms with Gasteiger partial charge in [0, 0.05) is 13.1 Å². The topological polar surface area (TPSA) is 46.3 Å². The van der Waals surface area contributed by atoms with Gasteiger partial charge in [0.1, 0.15) is 0 Å². The van der Waals surface area contributed by atoms with Crippen molar-refractivity contribution in [1.29, 1.82) is 0 Å². The molecule has 1 aromatic rings. The lowest BCUT2D eigenvalue weighted by Gasteiger charge is -2.31. The number of carbonyl (C=O) groups is 1. The van der Waals surface area contributed by atoms with Gasteiger partial charge in [0.05, 0.1) is 6.42 Å². The smallest absolute Gasteiger partial charge is 0.227 e. The summed E-state index contributed by atoms with van der Waals surface area (Å²) in [5.41, 5.74) is 6.77. The van der Waals surface area contributed by atoms with Crippen molar-refractivity contribution in [3.8, 4) is 0 Å². The zero-order valence-electron chi connectivity index (χ0n) is 9.80. The third-order valence-corrected chi connectivity index (χ3v) is 3.97. The zero-order valence-corrected chi connectivity index (χ0v) is 11.4. The summed E-state index contributed by atoms with van der Waals surface area (Å²) in [6.45, 7) is 2.52. The van der Waals surface area contributed by atoms with E-state index in [9.17, 15) is 4.79 Å². The van der Waals surface area contributed by atoms with E-state index in [1.54, 1.807) is 11.3 Å². The molecule has 1 aliphatic rings. The maximum atomic E-state index is 12.0. The predicted molar refractivity (Wildman–Crippen MR) is 73.6 cm³/mol. The Morgan fingerprint density at radius 3 is 2.71 bits per heavy atom. The minimum Gasteiger partial charge on any atom is -0.342 e. The predicted octanol–water partition coefficient (Wildman–Crippen LogP) is 1.91. The van der Waals surface area contributed by atoms with Crippen LogP contribution in [0.4, 0.5) is 0 Å². The lowest BCUT2D eigenvalue weighted by molar-refractivity contribution is -0.131. The van der Waals surface area contributed by atoms with Gasteiger partial charge in [-0.25, -0.2) is 0 Å². The fourth-order valence-electron chi connectivity index (χ4n) is 2.10. The summed E-state index contributed by atoms with van der Waals surface area (Å²) in [7, 11) is 0. The second-order valence-corrected chi connectivity index (χ2v) is 5.15. The molecule has 2 N–H and O–H groups in total. The van der Waals surface area contributed by atoms with Gasteiger partial charge >= 0.3 is 0 Å². The summed E-state index contributed by atoms with van der Waals surface area (Å²) < 4.78 is 0. The van der Waals surface area contributed by atoms with E-state index >= 15 is 0 Å². The molecule has 0 bridgehead atoms. The standard InChI is InChI=1S/C12H18N2OS.ClH/c13-8-10-1-4-14(5-2-10)12(15)7-11-3-6-16-9-11;/h3,6,9-10H,1-2,4-5,7-8,13H2;1H. The van der Waals surface area contributed by atoms with Crippen molar-refractivity contribution < 1.29 is 4.79 Å². The Morgan fingerprint density at radius 2 is 2.18 bits per heavy atom. The van der Waals surface area contributed by atoms with Crippen LogP contribution < -0.4 is 5.73 Å². The highest BCUT2D eigenvalue weighted by molar-refractivity contribution is 7.07. The first kappa shape index (κ1) is 14.5. The van der Waals surface area contributed by atoms with Gasteiger partial charge in [0.15, 0.2) is 0 Å². The molecule has 2 rings (SSSR count). The van der Waals surface area contributed by atoms with E-state index in [0.717, 1.165) is 38.0 Å². The van der Waals surface area contributed by atoms with Crippen LogP contribution in [-0.2, 0) is 11.2 Å². The lowest BCUT2D eigenvalue weighted by Crippen LogP contribution is -2.40. The van der Waals surface area contributed by atoms with Crippen LogP contribution in [0.25, 0.3) is 0 Å². The molecule has 0 spiro atoms. The van der Waals surface area contributed by atoms with E-state index in [-0.39, 0.29) is 18.3 Å². The zero-order chi connectivity index (χ0) is 11.4. The number of thiophene rings is 1. The van der Waals surface area contributed by atoms with Crippen molar-refractivity contribution in [2.45, 2.75) is 19.3 Å². The van der Waals surface area contributed by atoms with Crippen molar-refractivity contribution in [2.75, 3.05) is 19.6 Å². The molecule has 1 aromatic heterocycles. The van der Waals surface area contributed by atoms with Gasteiger partial charge in [0.2, 0.25) is 5.91 Å². The number of hydrogen-bond donors (Lipinski definition) is 1. The molecule has 0 aromatic carbocycles. The lowest BCUT2D eigenvalue weighted by atomic mass is 9.97. The Hall–Kier alpha value is -0.580. The first-order valence-electron chi connectivity index (χ1n) is 5.78. The van der Waals surface area contributed by atoms with E-state index < -0.39 is 0 Å². The van der Waals surface area contributed by atoms with Gasteiger partial charge in [-0.1, -0.05) is 0 Å². The molecule has 0 atom stereocenters. The Kier molecular flexibility index (Phi) is 5.95. The van der Waals surface area contributed by atoms with Gasteiger partial charge in [0.25, 0.3) is 0 Å². The van der Waals surface area contributed by atoms with Crippen molar-refractivity contribution >= 4 is 29.7 Å². The minimum atomic E-state index is 0. The number of nitrogens with two attached hydrogens (primary N) is 1. The first-order chi connectivity index (χ1) is 7.79. The Morgan fingerprint density at radius 1 is 1.47 bits per heavy atom. The number of hydrogen-bond acceptors (Lipinski definition) is 3. The molecule has 3 nitrogen and oxygen atoms in total. The van der Waals surface area contributed by atoms with Gasteiger partial charge in [-0.2, -0.15) is 11.3 Å². The highest BCUT2D eigenvalue weighted by atomic mass is 35.5. The molecular formula is C12H19ClN2OS. The highest BCUT2D eigenvalue weighted by Crippen LogP contribution is 2.17. The molecule has 17 heavy (non-hydrogen) atoms. The van der Waals surface area contributed by atoms with Crippen LogP contribution >= 0.6 is 23.7 Å². The van der Waals surface area contributed by atoms with E-state index in [1.807, 2.05) is 21.7 Å². The minimum absolute atomic E-state index is 0. The second kappa shape index (κ2) is 6.99. The number of halogens is 1. The summed E-state index contributed by atoms with van der Waals surface area (Å²) in [6, 6.07) is 2.02. The third kappa shape index (κ3) is 3.98. The normalized spacial score (nSPS) is 16.6. The molecule has 0 radical (unpaired) electrons. The molecule has 0 aliphatic carbocycles. The fraction of sp³-hybridized carbons (Fsp3) is 0.583. The number of rotatable bonds is 3. The Bertz CT molecular complexity index is 334. The Balaban J connectivity index is 0.00000144. The molecule has 1 amide bonds. The SMILES string of the molecule is Cl.NCC1CCN(C(=O)Cc2ccsc2)CC1. The molecule has 0 saturated carbocycles. The van der Waals surface area contributed by atoms with Crippen molar-refractivity contribution in [3.63, 3.8) is 0 Å². The van der Waals surface area contributed by atoms with Crippen LogP contribution in [0.15, 0.2) is 16.8 Å². The summed E-state index contributed by atoms with van der Waals surface area (Å²) in [5.74, 6) is 0.874. The third-order valence-electron chi connectivity index (χ3n) is 3.24. The summed E-state index contributed by atoms with van der Waals surface area (Å²) in [4.78, 5) is 13.9. The molecule has 0 unspecified atom stereocenters. The van der Waals surface area contributed by atoms with E-state index in [1.165, 1.54) is 0 Å². The first-order valence-corrected chi connectivity index (χ1v) is 6.73. The molecule has 2 heterocycles. The summed E-state index contributed by atoms with van der Waals surface area (Å²) in [6.07, 6.45) is 2.68. The van der Waals surface area contributed by atoms with E-state index in [4.69, 9.17) is 5.73 Å². The molecule has 1 aliphatic heterocycles. The fourth-order valence-corrected chi connectivity index (χ4v) is 2.77. The molecule has 1 saturated heterocycles. The van der Waals surface area contributed by atoms with Gasteiger partial charge in [-0.3, -0.25) is 4.79 Å². The van der Waals surface area contributed by atoms with E-state index in [2.05, 4.69) is 0 Å². The number of carbonyl (C=O) groups excluding carboxylic acids is 1. The largest absolute Gasteiger partial charge is 0.342 e. The van der Waals surface area contributed by atoms with Crippen molar-refractivity contribution in [3.05, 3.63) is 22.4 Å². The summed E-state index contributed by atoms with van der Waals surface area (Å²) >= 11 is 1.64. The maximum Gasteiger partial charge on any atom is 0.227 e. The average Bonchev–Trinajstić information content (AvgIpc) is 2.82. The molecule has 1 fully saturated rings. The highest BCUT2D eigenvalue weighted by Gasteiger charge is 2.21. The van der Waals surface area contributed by atoms with Crippen LogP contribution in [-0.4, -0.2) is 30.4 Å². The summed E-state index contributed by atoms with van der Waals surface area (Å²) in [5, 5.41) is 4.06. The average molecular weight is 275 g/mol. The quantitative estimate of drug-likeness (QED) is 0.915. The molecule has 96 valence electrons. The Labute approximate surface area is 112 Å². The maximum absolute atomic E-state index is 12.0. The van der Waals surface area contributed by atoms with Crippen LogP contribution in [0.2, 0.25) is 0 Å².